The Morgan fingerprint density at radius 3 is 2.28 bits per heavy atom. The molecule has 3 rings (SSSR count). The van der Waals surface area contributed by atoms with Gasteiger partial charge in [0, 0.05) is 5.57 Å². The molecule has 3 aromatic rings. The van der Waals surface area contributed by atoms with E-state index >= 15 is 0 Å². The number of carbonyl (C=O) groups excluding carboxylic acids is 1. The molecule has 0 spiro atoms. The Balaban J connectivity index is 1.84. The van der Waals surface area contributed by atoms with Crippen LogP contribution in [0.4, 0.5) is 4.39 Å². The van der Waals surface area contributed by atoms with Gasteiger partial charge in [-0.05, 0) is 72.1 Å². The minimum Gasteiger partial charge on any atom is -0.478 e. The fourth-order valence-electron chi connectivity index (χ4n) is 4.41. The summed E-state index contributed by atoms with van der Waals surface area (Å²) in [6.07, 6.45) is 2.83. The molecule has 0 heterocycles. The Bertz CT molecular complexity index is 1260. The minimum absolute atomic E-state index is 0.0644. The van der Waals surface area contributed by atoms with E-state index in [2.05, 4.69) is 20.4 Å². The van der Waals surface area contributed by atoms with Gasteiger partial charge in [0.05, 0.1) is 21.2 Å². The van der Waals surface area contributed by atoms with E-state index in [1.807, 2.05) is 24.3 Å². The van der Waals surface area contributed by atoms with Crippen LogP contribution in [0.1, 0.15) is 64.1 Å². The number of carboxylic acids is 1. The second kappa shape index (κ2) is 12.3. The van der Waals surface area contributed by atoms with Crippen molar-refractivity contribution in [3.05, 3.63) is 111 Å². The Labute approximate surface area is 221 Å². The number of carboxylic acid groups (broad SMARTS) is 1. The fraction of sp³-hybridized carbons (Fsp3) is 0.267. The third-order valence-corrected chi connectivity index (χ3v) is 7.45. The Morgan fingerprint density at radius 2 is 1.67 bits per heavy atom. The predicted molar refractivity (Wildman–Crippen MR) is 145 cm³/mol. The standard InChI is InChI=1S/C30H29Cl2FO3/c1-4-18(2)21(14-12-20-13-15-23(30(35)36)17-27(20)33)16-22-8-5-6-9-24(22)19(3)29(34)28-25(31)10-7-11-26(28)32/h5-11,13,15,17-18,21H,3-4,12,14,16H2,1-2H3,(H,35,36). The molecule has 2 unspecified atom stereocenters. The molecule has 0 fully saturated rings. The molecule has 0 saturated carbocycles. The van der Waals surface area contributed by atoms with Gasteiger partial charge in [-0.1, -0.05) is 86.4 Å². The van der Waals surface area contributed by atoms with Crippen molar-refractivity contribution in [1.82, 2.24) is 0 Å². The number of rotatable bonds is 11. The van der Waals surface area contributed by atoms with Crippen LogP contribution in [0.25, 0.3) is 5.57 Å². The molecule has 2 atom stereocenters. The van der Waals surface area contributed by atoms with Crippen molar-refractivity contribution in [3.8, 4) is 0 Å². The van der Waals surface area contributed by atoms with Gasteiger partial charge < -0.3 is 5.11 Å². The summed E-state index contributed by atoms with van der Waals surface area (Å²) in [6, 6.07) is 16.6. The SMILES string of the molecule is C=C(C(=O)c1c(Cl)cccc1Cl)c1ccccc1CC(CCc1ccc(C(=O)O)cc1F)C(C)CC. The van der Waals surface area contributed by atoms with E-state index in [-0.39, 0.29) is 32.9 Å². The zero-order chi connectivity index (χ0) is 26.4. The van der Waals surface area contributed by atoms with Crippen LogP contribution < -0.4 is 0 Å². The molecule has 0 aliphatic rings. The van der Waals surface area contributed by atoms with Crippen LogP contribution >= 0.6 is 23.2 Å². The Hall–Kier alpha value is -2.95. The van der Waals surface area contributed by atoms with Crippen molar-refractivity contribution in [3.63, 3.8) is 0 Å². The zero-order valence-corrected chi connectivity index (χ0v) is 21.9. The fourth-order valence-corrected chi connectivity index (χ4v) is 4.98. The Kier molecular flexibility index (Phi) is 9.47. The molecule has 0 amide bonds. The number of benzene rings is 3. The number of carbonyl (C=O) groups is 2. The molecule has 188 valence electrons. The van der Waals surface area contributed by atoms with Gasteiger partial charge in [0.2, 0.25) is 0 Å². The molecule has 3 nitrogen and oxygen atoms in total. The lowest BCUT2D eigenvalue weighted by Gasteiger charge is -2.25. The van der Waals surface area contributed by atoms with Crippen LogP contribution in [0.3, 0.4) is 0 Å². The van der Waals surface area contributed by atoms with E-state index in [1.54, 1.807) is 24.3 Å². The molecular formula is C30H29Cl2FO3. The van der Waals surface area contributed by atoms with Gasteiger partial charge in [0.25, 0.3) is 0 Å². The van der Waals surface area contributed by atoms with Crippen LogP contribution in [0.5, 0.6) is 0 Å². The van der Waals surface area contributed by atoms with E-state index in [9.17, 15) is 14.0 Å². The molecule has 0 aliphatic heterocycles. The van der Waals surface area contributed by atoms with Crippen molar-refractivity contribution in [2.45, 2.75) is 39.5 Å². The summed E-state index contributed by atoms with van der Waals surface area (Å²) in [5.41, 5.74) is 2.70. The van der Waals surface area contributed by atoms with Crippen LogP contribution in [0, 0.1) is 17.7 Å². The van der Waals surface area contributed by atoms with E-state index in [0.717, 1.165) is 23.6 Å². The van der Waals surface area contributed by atoms with Gasteiger partial charge in [-0.25, -0.2) is 9.18 Å². The molecule has 0 saturated heterocycles. The van der Waals surface area contributed by atoms with Crippen LogP contribution in [-0.2, 0) is 12.8 Å². The second-order valence-corrected chi connectivity index (χ2v) is 9.88. The maximum atomic E-state index is 14.5. The van der Waals surface area contributed by atoms with Crippen LogP contribution in [0.2, 0.25) is 10.0 Å². The van der Waals surface area contributed by atoms with E-state index in [4.69, 9.17) is 28.3 Å². The maximum absolute atomic E-state index is 14.5. The summed E-state index contributed by atoms with van der Waals surface area (Å²) in [7, 11) is 0. The quantitative estimate of drug-likeness (QED) is 0.201. The zero-order valence-electron chi connectivity index (χ0n) is 20.4. The van der Waals surface area contributed by atoms with Crippen molar-refractivity contribution in [1.29, 1.82) is 0 Å². The average molecular weight is 527 g/mol. The lowest BCUT2D eigenvalue weighted by Crippen LogP contribution is -2.17. The normalized spacial score (nSPS) is 12.7. The highest BCUT2D eigenvalue weighted by molar-refractivity contribution is 6.44. The molecule has 0 aliphatic carbocycles. The van der Waals surface area contributed by atoms with Gasteiger partial charge >= 0.3 is 5.97 Å². The number of hydrogen-bond acceptors (Lipinski definition) is 2. The number of hydrogen-bond donors (Lipinski definition) is 1. The number of halogens is 3. The minimum atomic E-state index is -1.15. The first kappa shape index (κ1) is 27.6. The third-order valence-electron chi connectivity index (χ3n) is 6.82. The van der Waals surface area contributed by atoms with Gasteiger partial charge in [-0.2, -0.15) is 0 Å². The lowest BCUT2D eigenvalue weighted by molar-refractivity contribution is 0.0696. The number of allylic oxidation sites excluding steroid dienone is 1. The molecular weight excluding hydrogens is 498 g/mol. The van der Waals surface area contributed by atoms with Gasteiger partial charge in [0.1, 0.15) is 5.82 Å². The first-order valence-corrected chi connectivity index (χ1v) is 12.7. The first-order chi connectivity index (χ1) is 17.1. The number of aryl methyl sites for hydroxylation is 1. The van der Waals surface area contributed by atoms with Gasteiger partial charge in [-0.3, -0.25) is 4.79 Å². The van der Waals surface area contributed by atoms with Crippen LogP contribution in [0.15, 0.2) is 67.2 Å². The predicted octanol–water partition coefficient (Wildman–Crippen LogP) is 8.56. The summed E-state index contributed by atoms with van der Waals surface area (Å²) in [4.78, 5) is 24.4. The molecule has 6 heteroatoms. The number of ketones is 1. The number of Topliss-reactive ketones (excluding diaryl/α,β-unsaturated/α-hetero) is 1. The van der Waals surface area contributed by atoms with Crippen LogP contribution in [-0.4, -0.2) is 16.9 Å². The Morgan fingerprint density at radius 1 is 1.00 bits per heavy atom. The molecule has 3 aromatic carbocycles. The summed E-state index contributed by atoms with van der Waals surface area (Å²) >= 11 is 12.5. The topological polar surface area (TPSA) is 54.4 Å². The average Bonchev–Trinajstić information content (AvgIpc) is 2.86. The maximum Gasteiger partial charge on any atom is 0.335 e. The highest BCUT2D eigenvalue weighted by Crippen LogP contribution is 2.33. The van der Waals surface area contributed by atoms with E-state index in [0.29, 0.717) is 36.3 Å². The van der Waals surface area contributed by atoms with Crippen molar-refractivity contribution >= 4 is 40.5 Å². The summed E-state index contributed by atoms with van der Waals surface area (Å²) in [5.74, 6) is -1.42. The third kappa shape index (κ3) is 6.43. The van der Waals surface area contributed by atoms with E-state index in [1.165, 1.54) is 6.07 Å². The van der Waals surface area contributed by atoms with Crippen molar-refractivity contribution < 1.29 is 19.1 Å². The highest BCUT2D eigenvalue weighted by Gasteiger charge is 2.23. The summed E-state index contributed by atoms with van der Waals surface area (Å²) < 4.78 is 14.5. The summed E-state index contributed by atoms with van der Waals surface area (Å²) in [6.45, 7) is 8.37. The lowest BCUT2D eigenvalue weighted by atomic mass is 9.80. The molecule has 1 N–H and O–H groups in total. The second-order valence-electron chi connectivity index (χ2n) is 9.06. The monoisotopic (exact) mass is 526 g/mol. The molecule has 36 heavy (non-hydrogen) atoms. The smallest absolute Gasteiger partial charge is 0.335 e. The summed E-state index contributed by atoms with van der Waals surface area (Å²) in [5, 5.41) is 9.64. The molecule has 0 aromatic heterocycles. The van der Waals surface area contributed by atoms with Crippen molar-refractivity contribution in [2.24, 2.45) is 11.8 Å². The first-order valence-electron chi connectivity index (χ1n) is 11.9. The van der Waals surface area contributed by atoms with E-state index < -0.39 is 11.8 Å². The largest absolute Gasteiger partial charge is 0.478 e. The van der Waals surface area contributed by atoms with Gasteiger partial charge in [-0.15, -0.1) is 0 Å². The highest BCUT2D eigenvalue weighted by atomic mass is 35.5. The molecule has 0 bridgehead atoms. The van der Waals surface area contributed by atoms with Crippen molar-refractivity contribution in [2.75, 3.05) is 0 Å². The van der Waals surface area contributed by atoms with Gasteiger partial charge in [0.15, 0.2) is 5.78 Å². The number of aromatic carboxylic acids is 1. The molecule has 0 radical (unpaired) electrons.